The Labute approximate surface area is 224 Å². The molecule has 3 heterocycles. The number of methoxy groups -OCH3 is 1. The lowest BCUT2D eigenvalue weighted by Crippen LogP contribution is -2.46. The molecule has 1 N–H and O–H groups in total. The highest BCUT2D eigenvalue weighted by atomic mass is 31.0. The Bertz CT molecular complexity index is 1550. The van der Waals surface area contributed by atoms with Crippen molar-refractivity contribution in [2.45, 2.75) is 63.9 Å². The third-order valence-electron chi connectivity index (χ3n) is 8.27. The molecule has 1 saturated heterocycles. The van der Waals surface area contributed by atoms with Crippen LogP contribution in [-0.2, 0) is 6.42 Å². The lowest BCUT2D eigenvalue weighted by Gasteiger charge is -2.37. The molecule has 38 heavy (non-hydrogen) atoms. The highest BCUT2D eigenvalue weighted by molar-refractivity contribution is 7.28. The number of benzene rings is 2. The fourth-order valence-corrected chi connectivity index (χ4v) is 6.52. The number of hydrogen-bond acceptors (Lipinski definition) is 6. The molecular weight excluding hydrogens is 498 g/mol. The van der Waals surface area contributed by atoms with E-state index < -0.39 is 5.60 Å². The van der Waals surface area contributed by atoms with Gasteiger partial charge in [0.15, 0.2) is 0 Å². The van der Waals surface area contributed by atoms with Crippen molar-refractivity contribution in [2.24, 2.45) is 0 Å². The van der Waals surface area contributed by atoms with Crippen LogP contribution in [0.4, 0.5) is 10.2 Å². The van der Waals surface area contributed by atoms with E-state index in [1.165, 1.54) is 24.8 Å². The largest absolute Gasteiger partial charge is 0.467 e. The third kappa shape index (κ3) is 4.30. The molecule has 1 saturated carbocycles. The topological polar surface area (TPSA) is 71.4 Å². The average molecular weight is 533 g/mol. The van der Waals surface area contributed by atoms with Crippen molar-refractivity contribution in [1.82, 2.24) is 15.0 Å². The van der Waals surface area contributed by atoms with Crippen LogP contribution in [0.3, 0.4) is 0 Å². The van der Waals surface area contributed by atoms with Gasteiger partial charge in [-0.15, -0.1) is 9.24 Å². The van der Waals surface area contributed by atoms with Crippen molar-refractivity contribution in [2.75, 3.05) is 25.1 Å². The first-order chi connectivity index (χ1) is 18.3. The van der Waals surface area contributed by atoms with Crippen molar-refractivity contribution in [3.63, 3.8) is 0 Å². The Hall–Kier alpha value is -2.89. The number of rotatable bonds is 5. The molecule has 6 rings (SSSR count). The van der Waals surface area contributed by atoms with E-state index in [4.69, 9.17) is 14.7 Å². The summed E-state index contributed by atoms with van der Waals surface area (Å²) in [6, 6.07) is 8.20. The van der Waals surface area contributed by atoms with Gasteiger partial charge in [0.05, 0.1) is 29.3 Å². The summed E-state index contributed by atoms with van der Waals surface area (Å²) in [5.41, 5.74) is 3.64. The number of aliphatic hydroxyl groups is 1. The van der Waals surface area contributed by atoms with E-state index in [-0.39, 0.29) is 11.8 Å². The van der Waals surface area contributed by atoms with E-state index >= 15 is 4.39 Å². The normalized spacial score (nSPS) is 20.2. The van der Waals surface area contributed by atoms with Crippen LogP contribution in [0.15, 0.2) is 30.5 Å². The number of hydrogen-bond donors (Lipinski definition) is 1. The summed E-state index contributed by atoms with van der Waals surface area (Å²) in [7, 11) is 4.39. The number of nitrogens with zero attached hydrogens (tertiary/aromatic N) is 4. The molecule has 0 amide bonds. The van der Waals surface area contributed by atoms with Crippen molar-refractivity contribution >= 4 is 42.0 Å². The number of piperidine rings is 1. The SMILES string of the molecule is CCc1c(F)ccc2cc(C3CCC3)cc(-c3ncc4c(N5CCC[C@@](C)(O)C5)nc(OC)nc4c3P)c12. The quantitative estimate of drug-likeness (QED) is 0.334. The predicted molar refractivity (Wildman–Crippen MR) is 154 cm³/mol. The lowest BCUT2D eigenvalue weighted by atomic mass is 9.78. The monoisotopic (exact) mass is 532 g/mol. The fourth-order valence-electron chi connectivity index (χ4n) is 6.07. The van der Waals surface area contributed by atoms with Crippen LogP contribution in [0.2, 0.25) is 0 Å². The number of aryl methyl sites for hydroxylation is 1. The standard InChI is InChI=1S/C30H34FN4O2P/c1-4-20-23(31)10-9-18-13-19(17-7-5-8-17)14-21(24(18)20)25-27(38)26-22(15-32-25)28(34-29(33-26)37-3)35-12-6-11-30(2,36)16-35/h9-10,13-15,17,36H,4-8,11-12,16,38H2,1-3H3/t30-/m1/s1. The summed E-state index contributed by atoms with van der Waals surface area (Å²) in [6.45, 7) is 5.12. The van der Waals surface area contributed by atoms with Gasteiger partial charge in [-0.25, -0.2) is 4.39 Å². The molecule has 198 valence electrons. The average Bonchev–Trinajstić information content (AvgIpc) is 2.86. The van der Waals surface area contributed by atoms with Gasteiger partial charge in [-0.1, -0.05) is 25.5 Å². The zero-order chi connectivity index (χ0) is 26.6. The zero-order valence-corrected chi connectivity index (χ0v) is 23.4. The highest BCUT2D eigenvalue weighted by Crippen LogP contribution is 2.42. The summed E-state index contributed by atoms with van der Waals surface area (Å²) in [5.74, 6) is 1.05. The number of halogens is 1. The molecule has 4 aromatic rings. The third-order valence-corrected chi connectivity index (χ3v) is 8.82. The molecule has 6 nitrogen and oxygen atoms in total. The van der Waals surface area contributed by atoms with Crippen LogP contribution in [-0.4, -0.2) is 45.9 Å². The predicted octanol–water partition coefficient (Wildman–Crippen LogP) is 5.67. The summed E-state index contributed by atoms with van der Waals surface area (Å²) < 4.78 is 20.5. The van der Waals surface area contributed by atoms with Gasteiger partial charge in [0.1, 0.15) is 11.6 Å². The van der Waals surface area contributed by atoms with E-state index in [0.717, 1.165) is 57.6 Å². The molecule has 2 fully saturated rings. The van der Waals surface area contributed by atoms with Gasteiger partial charge in [-0.3, -0.25) is 4.98 Å². The molecule has 1 aliphatic carbocycles. The first kappa shape index (κ1) is 25.4. The highest BCUT2D eigenvalue weighted by Gasteiger charge is 2.31. The zero-order valence-electron chi connectivity index (χ0n) is 22.2. The van der Waals surface area contributed by atoms with E-state index in [0.29, 0.717) is 30.3 Å². The smallest absolute Gasteiger partial charge is 0.318 e. The van der Waals surface area contributed by atoms with Gasteiger partial charge in [0.2, 0.25) is 0 Å². The van der Waals surface area contributed by atoms with E-state index in [2.05, 4.69) is 31.3 Å². The van der Waals surface area contributed by atoms with Crippen molar-refractivity contribution in [3.05, 3.63) is 47.4 Å². The minimum absolute atomic E-state index is 0.188. The van der Waals surface area contributed by atoms with Crippen LogP contribution < -0.4 is 14.9 Å². The Balaban J connectivity index is 1.60. The Morgan fingerprint density at radius 1 is 1.21 bits per heavy atom. The molecule has 0 spiro atoms. The number of fused-ring (bicyclic) bond motifs is 2. The molecule has 2 atom stereocenters. The van der Waals surface area contributed by atoms with E-state index in [1.807, 2.05) is 26.1 Å². The van der Waals surface area contributed by atoms with Crippen LogP contribution in [0.5, 0.6) is 6.01 Å². The minimum atomic E-state index is -0.790. The second-order valence-corrected chi connectivity index (χ2v) is 11.6. The molecule has 0 radical (unpaired) electrons. The van der Waals surface area contributed by atoms with Gasteiger partial charge in [0.25, 0.3) is 0 Å². The molecule has 1 aliphatic heterocycles. The minimum Gasteiger partial charge on any atom is -0.467 e. The molecule has 2 aromatic carbocycles. The Morgan fingerprint density at radius 3 is 2.71 bits per heavy atom. The van der Waals surface area contributed by atoms with Gasteiger partial charge >= 0.3 is 6.01 Å². The first-order valence-corrected chi connectivity index (χ1v) is 14.1. The van der Waals surface area contributed by atoms with Gasteiger partial charge in [-0.2, -0.15) is 9.97 Å². The second-order valence-electron chi connectivity index (χ2n) is 11.0. The maximum Gasteiger partial charge on any atom is 0.318 e. The van der Waals surface area contributed by atoms with Gasteiger partial charge in [-0.05, 0) is 79.0 Å². The molecule has 2 aliphatic rings. The van der Waals surface area contributed by atoms with E-state index in [1.54, 1.807) is 13.2 Å². The first-order valence-electron chi connectivity index (χ1n) is 13.5. The number of anilines is 1. The van der Waals surface area contributed by atoms with Crippen molar-refractivity contribution in [3.8, 4) is 17.3 Å². The Morgan fingerprint density at radius 2 is 2.03 bits per heavy atom. The number of ether oxygens (including phenoxy) is 1. The molecular formula is C30H34FN4O2P. The summed E-state index contributed by atoms with van der Waals surface area (Å²) in [6.07, 6.45) is 7.63. The maximum atomic E-state index is 15.0. The molecule has 0 bridgehead atoms. The van der Waals surface area contributed by atoms with Crippen LogP contribution in [0.1, 0.15) is 63.0 Å². The lowest BCUT2D eigenvalue weighted by molar-refractivity contribution is 0.0447. The summed E-state index contributed by atoms with van der Waals surface area (Å²) >= 11 is 0. The number of β-amino-alcohol motifs (C(OH)–C–C–N with tert-alkyl or cyclic N) is 1. The van der Waals surface area contributed by atoms with Crippen LogP contribution >= 0.6 is 9.24 Å². The van der Waals surface area contributed by atoms with Crippen molar-refractivity contribution < 1.29 is 14.2 Å². The fraction of sp³-hybridized carbons (Fsp3) is 0.433. The molecule has 2 aromatic heterocycles. The summed E-state index contributed by atoms with van der Waals surface area (Å²) in [4.78, 5) is 16.5. The molecule has 8 heteroatoms. The number of pyridine rings is 1. The summed E-state index contributed by atoms with van der Waals surface area (Å²) in [5, 5.41) is 14.3. The number of aromatic nitrogens is 3. The van der Waals surface area contributed by atoms with E-state index in [9.17, 15) is 5.11 Å². The molecule has 1 unspecified atom stereocenters. The van der Waals surface area contributed by atoms with Crippen LogP contribution in [0.25, 0.3) is 32.9 Å². The van der Waals surface area contributed by atoms with Crippen molar-refractivity contribution in [1.29, 1.82) is 0 Å². The van der Waals surface area contributed by atoms with Gasteiger partial charge in [0, 0.05) is 30.2 Å². The second kappa shape index (κ2) is 9.69. The van der Waals surface area contributed by atoms with Crippen LogP contribution in [0, 0.1) is 5.82 Å². The Kier molecular flexibility index (Phi) is 6.48. The maximum absolute atomic E-state index is 15.0. The van der Waals surface area contributed by atoms with Gasteiger partial charge < -0.3 is 14.7 Å².